The van der Waals surface area contributed by atoms with Crippen molar-refractivity contribution in [3.8, 4) is 5.75 Å². The summed E-state index contributed by atoms with van der Waals surface area (Å²) in [5, 5.41) is 11.1. The molecule has 1 aliphatic carbocycles. The molecule has 174 valence electrons. The van der Waals surface area contributed by atoms with Gasteiger partial charge >= 0.3 is 0 Å². The van der Waals surface area contributed by atoms with Crippen LogP contribution >= 0.6 is 0 Å². The van der Waals surface area contributed by atoms with Crippen molar-refractivity contribution in [3.05, 3.63) is 101 Å². The van der Waals surface area contributed by atoms with Crippen molar-refractivity contribution in [2.75, 3.05) is 13.2 Å². The number of likely N-dealkylation sites (tertiary alicyclic amines) is 1. The minimum atomic E-state index is 0.196. The van der Waals surface area contributed by atoms with Crippen molar-refractivity contribution >= 4 is 10.9 Å². The summed E-state index contributed by atoms with van der Waals surface area (Å²) in [6.07, 6.45) is 6.69. The smallest absolute Gasteiger partial charge is 0.120 e. The molecule has 1 fully saturated rings. The molecular weight excluding hydrogens is 420 g/mol. The number of nitrogens with zero attached hydrogens (tertiary/aromatic N) is 2. The molecule has 1 saturated heterocycles. The van der Waals surface area contributed by atoms with Crippen molar-refractivity contribution in [2.45, 2.75) is 50.9 Å². The van der Waals surface area contributed by atoms with Crippen LogP contribution in [-0.4, -0.2) is 39.9 Å². The maximum absolute atomic E-state index is 9.84. The van der Waals surface area contributed by atoms with E-state index in [1.165, 1.54) is 33.2 Å². The molecule has 4 heteroatoms. The molecule has 0 radical (unpaired) electrons. The van der Waals surface area contributed by atoms with E-state index in [1.54, 1.807) is 0 Å². The molecule has 0 amide bonds. The van der Waals surface area contributed by atoms with Crippen LogP contribution in [0, 0.1) is 0 Å². The van der Waals surface area contributed by atoms with Gasteiger partial charge < -0.3 is 14.4 Å². The summed E-state index contributed by atoms with van der Waals surface area (Å²) in [4.78, 5) is 2.43. The number of ether oxygens (including phenoxy) is 1. The fourth-order valence-corrected chi connectivity index (χ4v) is 5.78. The van der Waals surface area contributed by atoms with Crippen LogP contribution in [0.4, 0.5) is 0 Å². The number of fused-ring (bicyclic) bond motifs is 2. The summed E-state index contributed by atoms with van der Waals surface area (Å²) < 4.78 is 8.86. The molecule has 2 aliphatic rings. The Bertz CT molecular complexity index is 1250. The Hall–Kier alpha value is -3.08. The molecule has 6 rings (SSSR count). The fraction of sp³-hybridized carbons (Fsp3) is 0.333. The third kappa shape index (κ3) is 4.24. The molecule has 0 unspecified atom stereocenters. The van der Waals surface area contributed by atoms with Crippen molar-refractivity contribution < 1.29 is 9.84 Å². The lowest BCUT2D eigenvalue weighted by molar-refractivity contribution is 0.154. The van der Waals surface area contributed by atoms with Crippen LogP contribution in [0.15, 0.2) is 79.0 Å². The molecule has 2 heterocycles. The van der Waals surface area contributed by atoms with Gasteiger partial charge in [-0.2, -0.15) is 0 Å². The second-order valence-corrected chi connectivity index (χ2v) is 9.81. The van der Waals surface area contributed by atoms with Crippen molar-refractivity contribution in [3.63, 3.8) is 0 Å². The molecule has 0 bridgehead atoms. The monoisotopic (exact) mass is 452 g/mol. The summed E-state index contributed by atoms with van der Waals surface area (Å²) in [6, 6.07) is 26.2. The minimum absolute atomic E-state index is 0.196. The van der Waals surface area contributed by atoms with Gasteiger partial charge in [0.2, 0.25) is 0 Å². The van der Waals surface area contributed by atoms with E-state index in [4.69, 9.17) is 4.74 Å². The zero-order chi connectivity index (χ0) is 22.9. The largest absolute Gasteiger partial charge is 0.490 e. The summed E-state index contributed by atoms with van der Waals surface area (Å²) >= 11 is 0. The minimum Gasteiger partial charge on any atom is -0.490 e. The van der Waals surface area contributed by atoms with Crippen LogP contribution in [0.2, 0.25) is 0 Å². The Balaban J connectivity index is 1.31. The molecule has 3 aromatic carbocycles. The third-order valence-corrected chi connectivity index (χ3v) is 7.53. The maximum atomic E-state index is 9.84. The molecule has 0 spiro atoms. The van der Waals surface area contributed by atoms with Gasteiger partial charge in [-0.05, 0) is 59.8 Å². The standard InChI is InChI=1S/C30H32N2O2/c33-21-26-11-6-14-31(26)19-25-20-32(18-22-7-2-1-3-8-22)30-13-12-27(17-29(25)30)34-28-15-23-9-4-5-10-24(23)16-28/h1-5,7-10,12-13,17,20,26,28,33H,6,11,14-16,18-19,21H2/t26-/m0/s1. The van der Waals surface area contributed by atoms with Gasteiger partial charge in [0.15, 0.2) is 0 Å². The van der Waals surface area contributed by atoms with Crippen LogP contribution < -0.4 is 4.74 Å². The quantitative estimate of drug-likeness (QED) is 0.419. The summed E-state index contributed by atoms with van der Waals surface area (Å²) in [5.41, 5.74) is 6.66. The number of hydrogen-bond acceptors (Lipinski definition) is 3. The molecule has 4 nitrogen and oxygen atoms in total. The highest BCUT2D eigenvalue weighted by atomic mass is 16.5. The van der Waals surface area contributed by atoms with Crippen molar-refractivity contribution in [1.82, 2.24) is 9.47 Å². The fourth-order valence-electron chi connectivity index (χ4n) is 5.78. The number of aliphatic hydroxyl groups is 1. The van der Waals surface area contributed by atoms with E-state index in [2.05, 4.69) is 88.5 Å². The lowest BCUT2D eigenvalue weighted by Crippen LogP contribution is -2.31. The van der Waals surface area contributed by atoms with Crippen molar-refractivity contribution in [1.29, 1.82) is 0 Å². The van der Waals surface area contributed by atoms with E-state index >= 15 is 0 Å². The van der Waals surface area contributed by atoms with Gasteiger partial charge in [-0.15, -0.1) is 0 Å². The molecule has 1 atom stereocenters. The Morgan fingerprint density at radius 3 is 2.41 bits per heavy atom. The number of rotatable bonds is 7. The van der Waals surface area contributed by atoms with Crippen LogP contribution in [-0.2, 0) is 25.9 Å². The van der Waals surface area contributed by atoms with Gasteiger partial charge in [0.05, 0.1) is 6.61 Å². The highest BCUT2D eigenvalue weighted by Gasteiger charge is 2.26. The summed E-state index contributed by atoms with van der Waals surface area (Å²) in [5.74, 6) is 0.948. The number of benzene rings is 3. The van der Waals surface area contributed by atoms with E-state index in [1.807, 2.05) is 0 Å². The first-order valence-electron chi connectivity index (χ1n) is 12.5. The first-order valence-corrected chi connectivity index (χ1v) is 12.5. The normalized spacial score (nSPS) is 18.6. The second-order valence-electron chi connectivity index (χ2n) is 9.81. The zero-order valence-corrected chi connectivity index (χ0v) is 19.6. The van der Waals surface area contributed by atoms with Crippen molar-refractivity contribution in [2.24, 2.45) is 0 Å². The number of hydrogen-bond donors (Lipinski definition) is 1. The van der Waals surface area contributed by atoms with Gasteiger partial charge in [-0.1, -0.05) is 54.6 Å². The second kappa shape index (κ2) is 9.28. The van der Waals surface area contributed by atoms with Crippen LogP contribution in [0.5, 0.6) is 5.75 Å². The van der Waals surface area contributed by atoms with E-state index in [9.17, 15) is 5.11 Å². The summed E-state index contributed by atoms with van der Waals surface area (Å²) in [7, 11) is 0. The SMILES string of the molecule is OC[C@@H]1CCCN1Cc1cn(Cc2ccccc2)c2ccc(OC3Cc4ccccc4C3)cc12. The number of aliphatic hydroxyl groups excluding tert-OH is 1. The first-order chi connectivity index (χ1) is 16.8. The molecule has 1 aliphatic heterocycles. The predicted molar refractivity (Wildman–Crippen MR) is 136 cm³/mol. The van der Waals surface area contributed by atoms with Gasteiger partial charge in [0, 0.05) is 49.1 Å². The van der Waals surface area contributed by atoms with Crippen LogP contribution in [0.25, 0.3) is 10.9 Å². The Labute approximate surface area is 201 Å². The topological polar surface area (TPSA) is 37.6 Å². The zero-order valence-electron chi connectivity index (χ0n) is 19.6. The molecular formula is C30H32N2O2. The Kier molecular flexibility index (Phi) is 5.86. The molecule has 34 heavy (non-hydrogen) atoms. The van der Waals surface area contributed by atoms with Gasteiger partial charge in [0.1, 0.15) is 11.9 Å². The summed E-state index contributed by atoms with van der Waals surface area (Å²) in [6.45, 7) is 2.99. The number of aromatic nitrogens is 1. The lowest BCUT2D eigenvalue weighted by Gasteiger charge is -2.22. The maximum Gasteiger partial charge on any atom is 0.120 e. The average molecular weight is 453 g/mol. The molecule has 1 aromatic heterocycles. The molecule has 4 aromatic rings. The Morgan fingerprint density at radius 2 is 1.65 bits per heavy atom. The Morgan fingerprint density at radius 1 is 0.882 bits per heavy atom. The van der Waals surface area contributed by atoms with Gasteiger partial charge in [0.25, 0.3) is 0 Å². The first kappa shape index (κ1) is 21.5. The van der Waals surface area contributed by atoms with E-state index in [-0.39, 0.29) is 18.8 Å². The van der Waals surface area contributed by atoms with Gasteiger partial charge in [-0.3, -0.25) is 4.90 Å². The molecule has 0 saturated carbocycles. The van der Waals surface area contributed by atoms with E-state index in [0.717, 1.165) is 51.1 Å². The highest BCUT2D eigenvalue weighted by molar-refractivity contribution is 5.85. The third-order valence-electron chi connectivity index (χ3n) is 7.53. The van der Waals surface area contributed by atoms with E-state index < -0.39 is 0 Å². The predicted octanol–water partition coefficient (Wildman–Crippen LogP) is 5.19. The average Bonchev–Trinajstić information content (AvgIpc) is 3.57. The van der Waals surface area contributed by atoms with Crippen LogP contribution in [0.3, 0.4) is 0 Å². The van der Waals surface area contributed by atoms with E-state index in [0.29, 0.717) is 0 Å². The van der Waals surface area contributed by atoms with Crippen LogP contribution in [0.1, 0.15) is 35.1 Å². The lowest BCUT2D eigenvalue weighted by atomic mass is 10.1. The molecule has 1 N–H and O–H groups in total. The highest BCUT2D eigenvalue weighted by Crippen LogP contribution is 2.32. The van der Waals surface area contributed by atoms with Gasteiger partial charge in [-0.25, -0.2) is 0 Å².